The van der Waals surface area contributed by atoms with Crippen molar-refractivity contribution in [3.8, 4) is 0 Å². The Morgan fingerprint density at radius 2 is 1.72 bits per heavy atom. The minimum absolute atomic E-state index is 0.0732. The van der Waals surface area contributed by atoms with E-state index in [0.29, 0.717) is 25.7 Å². The van der Waals surface area contributed by atoms with Crippen molar-refractivity contribution in [3.05, 3.63) is 0 Å². The molecule has 1 aliphatic rings. The molecular weight excluding hydrogens is 249 g/mol. The first-order valence-corrected chi connectivity index (χ1v) is 6.01. The van der Waals surface area contributed by atoms with Crippen LogP contribution in [0.1, 0.15) is 46.0 Å². The van der Waals surface area contributed by atoms with Crippen LogP contribution in [-0.4, -0.2) is 24.0 Å². The third-order valence-electron chi connectivity index (χ3n) is 3.86. The van der Waals surface area contributed by atoms with E-state index in [-0.39, 0.29) is 11.8 Å². The van der Waals surface area contributed by atoms with Crippen molar-refractivity contribution in [2.45, 2.75) is 52.3 Å². The molecule has 1 N–H and O–H groups in total. The summed E-state index contributed by atoms with van der Waals surface area (Å²) in [6, 6.07) is 0. The summed E-state index contributed by atoms with van der Waals surface area (Å²) in [7, 11) is 0. The van der Waals surface area contributed by atoms with E-state index >= 15 is 0 Å². The van der Waals surface area contributed by atoms with Gasteiger partial charge in [-0.1, -0.05) is 13.8 Å². The highest BCUT2D eigenvalue weighted by Gasteiger charge is 2.44. The van der Waals surface area contributed by atoms with Gasteiger partial charge in [0, 0.05) is 0 Å². The van der Waals surface area contributed by atoms with Crippen LogP contribution in [0.5, 0.6) is 0 Å². The molecule has 106 valence electrons. The Kier molecular flexibility index (Phi) is 4.30. The summed E-state index contributed by atoms with van der Waals surface area (Å²) in [5.41, 5.74) is -0.982. The van der Waals surface area contributed by atoms with E-state index in [2.05, 4.69) is 4.74 Å². The van der Waals surface area contributed by atoms with E-state index in [1.165, 1.54) is 0 Å². The highest BCUT2D eigenvalue weighted by Crippen LogP contribution is 2.47. The summed E-state index contributed by atoms with van der Waals surface area (Å²) < 4.78 is 39.4. The maximum atomic E-state index is 11.9. The van der Waals surface area contributed by atoms with Gasteiger partial charge in [0.25, 0.3) is 0 Å². The Balaban J connectivity index is 2.58. The number of hydrogen-bond acceptors (Lipinski definition) is 2. The van der Waals surface area contributed by atoms with Crippen LogP contribution in [0.25, 0.3) is 0 Å². The second-order valence-corrected chi connectivity index (χ2v) is 5.79. The van der Waals surface area contributed by atoms with Crippen LogP contribution in [0.4, 0.5) is 13.2 Å². The van der Waals surface area contributed by atoms with Crippen LogP contribution >= 0.6 is 0 Å². The molecule has 0 aromatic heterocycles. The topological polar surface area (TPSA) is 46.5 Å². The summed E-state index contributed by atoms with van der Waals surface area (Å²) in [6.45, 7) is 3.51. The Morgan fingerprint density at radius 3 is 2.11 bits per heavy atom. The van der Waals surface area contributed by atoms with Crippen molar-refractivity contribution < 1.29 is 27.8 Å². The van der Waals surface area contributed by atoms with Gasteiger partial charge in [-0.15, -0.1) is 13.2 Å². The lowest BCUT2D eigenvalue weighted by atomic mass is 9.64. The molecule has 0 heterocycles. The zero-order valence-electron chi connectivity index (χ0n) is 10.6. The molecule has 1 fully saturated rings. The van der Waals surface area contributed by atoms with Crippen LogP contribution in [0.3, 0.4) is 0 Å². The smallest absolute Gasteiger partial charge is 0.481 e. The van der Waals surface area contributed by atoms with Crippen molar-refractivity contribution in [3.63, 3.8) is 0 Å². The second kappa shape index (κ2) is 5.07. The average Bonchev–Trinajstić information content (AvgIpc) is 2.19. The number of aliphatic carboxylic acids is 1. The summed E-state index contributed by atoms with van der Waals surface area (Å²) in [4.78, 5) is 11.3. The number of alkyl halides is 3. The van der Waals surface area contributed by atoms with E-state index in [9.17, 15) is 23.1 Å². The normalized spacial score (nSPS) is 22.7. The van der Waals surface area contributed by atoms with E-state index in [4.69, 9.17) is 0 Å². The summed E-state index contributed by atoms with van der Waals surface area (Å²) >= 11 is 0. The fourth-order valence-corrected chi connectivity index (χ4v) is 2.34. The standard InChI is InChI=1S/C12H19F3O3/c1-10(2)3-5-11(6-4-10,9(16)17)7-8-18-12(13,14)15/h3-8H2,1-2H3,(H,16,17). The van der Waals surface area contributed by atoms with Gasteiger partial charge < -0.3 is 5.11 Å². The first kappa shape index (κ1) is 15.3. The Bertz CT molecular complexity index is 300. The van der Waals surface area contributed by atoms with Crippen LogP contribution < -0.4 is 0 Å². The number of carbonyl (C=O) groups is 1. The molecular formula is C12H19F3O3. The molecule has 0 aliphatic heterocycles. The molecule has 0 unspecified atom stereocenters. The lowest BCUT2D eigenvalue weighted by molar-refractivity contribution is -0.326. The largest absolute Gasteiger partial charge is 0.522 e. The highest BCUT2D eigenvalue weighted by molar-refractivity contribution is 5.74. The lowest BCUT2D eigenvalue weighted by Gasteiger charge is -2.40. The van der Waals surface area contributed by atoms with Crippen molar-refractivity contribution in [1.29, 1.82) is 0 Å². The lowest BCUT2D eigenvalue weighted by Crippen LogP contribution is -2.39. The molecule has 0 radical (unpaired) electrons. The van der Waals surface area contributed by atoms with Crippen molar-refractivity contribution in [2.75, 3.05) is 6.61 Å². The summed E-state index contributed by atoms with van der Waals surface area (Å²) in [5, 5.41) is 9.25. The second-order valence-electron chi connectivity index (χ2n) is 5.79. The molecule has 6 heteroatoms. The summed E-state index contributed by atoms with van der Waals surface area (Å²) in [6.07, 6.45) is -2.52. The van der Waals surface area contributed by atoms with Crippen molar-refractivity contribution in [1.82, 2.24) is 0 Å². The predicted octanol–water partition coefficient (Wildman–Crippen LogP) is 3.58. The predicted molar refractivity (Wildman–Crippen MR) is 58.9 cm³/mol. The maximum absolute atomic E-state index is 11.9. The minimum atomic E-state index is -4.69. The molecule has 0 aromatic carbocycles. The van der Waals surface area contributed by atoms with Gasteiger partial charge >= 0.3 is 12.3 Å². The molecule has 1 aliphatic carbocycles. The quantitative estimate of drug-likeness (QED) is 0.847. The molecule has 0 atom stereocenters. The Labute approximate surface area is 104 Å². The van der Waals surface area contributed by atoms with E-state index < -0.39 is 24.4 Å². The third kappa shape index (κ3) is 4.15. The molecule has 3 nitrogen and oxygen atoms in total. The first-order valence-electron chi connectivity index (χ1n) is 6.01. The van der Waals surface area contributed by atoms with Gasteiger partial charge in [-0.2, -0.15) is 0 Å². The zero-order valence-corrected chi connectivity index (χ0v) is 10.6. The van der Waals surface area contributed by atoms with Crippen LogP contribution in [0.15, 0.2) is 0 Å². The van der Waals surface area contributed by atoms with E-state index in [1.54, 1.807) is 0 Å². The average molecular weight is 268 g/mol. The SMILES string of the molecule is CC1(C)CCC(CCOC(F)(F)F)(C(=O)O)CC1. The fraction of sp³-hybridized carbons (Fsp3) is 0.917. The van der Waals surface area contributed by atoms with Gasteiger partial charge in [-0.05, 0) is 37.5 Å². The molecule has 0 saturated heterocycles. The molecule has 0 amide bonds. The first-order chi connectivity index (χ1) is 8.06. The molecule has 1 rings (SSSR count). The zero-order chi connectivity index (χ0) is 14.0. The van der Waals surface area contributed by atoms with Crippen LogP contribution in [0, 0.1) is 10.8 Å². The van der Waals surface area contributed by atoms with Gasteiger partial charge in [0.1, 0.15) is 0 Å². The van der Waals surface area contributed by atoms with Crippen molar-refractivity contribution in [2.24, 2.45) is 10.8 Å². The molecule has 0 spiro atoms. The third-order valence-corrected chi connectivity index (χ3v) is 3.86. The van der Waals surface area contributed by atoms with Gasteiger partial charge in [-0.3, -0.25) is 9.53 Å². The minimum Gasteiger partial charge on any atom is -0.481 e. The van der Waals surface area contributed by atoms with Crippen molar-refractivity contribution >= 4 is 5.97 Å². The monoisotopic (exact) mass is 268 g/mol. The van der Waals surface area contributed by atoms with Gasteiger partial charge in [0.15, 0.2) is 0 Å². The molecule has 18 heavy (non-hydrogen) atoms. The fourth-order valence-electron chi connectivity index (χ4n) is 2.34. The van der Waals surface area contributed by atoms with Crippen LogP contribution in [0.2, 0.25) is 0 Å². The molecule has 1 saturated carbocycles. The number of ether oxygens (including phenoxy) is 1. The Morgan fingerprint density at radius 1 is 1.22 bits per heavy atom. The van der Waals surface area contributed by atoms with Gasteiger partial charge in [0.2, 0.25) is 0 Å². The van der Waals surface area contributed by atoms with Gasteiger partial charge in [-0.25, -0.2) is 0 Å². The highest BCUT2D eigenvalue weighted by atomic mass is 19.4. The molecule has 0 aromatic rings. The number of carboxylic acids is 1. The number of halogens is 3. The Hall–Kier alpha value is -0.780. The maximum Gasteiger partial charge on any atom is 0.522 e. The number of carboxylic acid groups (broad SMARTS) is 1. The number of rotatable bonds is 4. The van der Waals surface area contributed by atoms with E-state index in [1.807, 2.05) is 13.8 Å². The van der Waals surface area contributed by atoms with Gasteiger partial charge in [0.05, 0.1) is 12.0 Å². The van der Waals surface area contributed by atoms with E-state index in [0.717, 1.165) is 0 Å². The summed E-state index contributed by atoms with van der Waals surface area (Å²) in [5.74, 6) is -1.01. The molecule has 0 bridgehead atoms. The van der Waals surface area contributed by atoms with Crippen LogP contribution in [-0.2, 0) is 9.53 Å². The number of hydrogen-bond donors (Lipinski definition) is 1.